The molecular weight excluding hydrogens is 556 g/mol. The van der Waals surface area contributed by atoms with Gasteiger partial charge in [-0.15, -0.1) is 11.6 Å². The number of phosphoric ester groups is 1. The molecule has 3 rings (SSSR count). The molecule has 0 radical (unpaired) electrons. The summed E-state index contributed by atoms with van der Waals surface area (Å²) in [5.41, 5.74) is -0.346. The molecule has 0 bridgehead atoms. The van der Waals surface area contributed by atoms with Gasteiger partial charge in [-0.2, -0.15) is 0 Å². The highest BCUT2D eigenvalue weighted by Crippen LogP contribution is 2.38. The van der Waals surface area contributed by atoms with Crippen molar-refractivity contribution in [1.29, 1.82) is 0 Å². The molecule has 1 saturated heterocycles. The zero-order valence-corrected chi connectivity index (χ0v) is 21.7. The number of aromatic amines is 1. The molecule has 2 aromatic rings. The molecule has 3 atom stereocenters. The highest BCUT2D eigenvalue weighted by Gasteiger charge is 2.37. The molecule has 1 aliphatic heterocycles. The van der Waals surface area contributed by atoms with Crippen LogP contribution in [0.25, 0.3) is 0 Å². The third-order valence-corrected chi connectivity index (χ3v) is 5.46. The summed E-state index contributed by atoms with van der Waals surface area (Å²) in [5, 5.41) is 12.8. The number of aliphatic hydroxyl groups is 1. The van der Waals surface area contributed by atoms with Crippen molar-refractivity contribution in [2.45, 2.75) is 31.8 Å². The van der Waals surface area contributed by atoms with Gasteiger partial charge < -0.3 is 24.4 Å². The lowest BCUT2D eigenvalue weighted by molar-refractivity contribution is -0.0451. The van der Waals surface area contributed by atoms with E-state index in [1.165, 1.54) is 13.1 Å². The molecule has 202 valence electrons. The number of amides is 1. The number of alkyl halides is 1. The number of H-pyrrole nitrogens is 1. The molecule has 0 aliphatic carbocycles. The van der Waals surface area contributed by atoms with Crippen LogP contribution in [0.2, 0.25) is 5.02 Å². The van der Waals surface area contributed by atoms with Gasteiger partial charge >= 0.3 is 19.6 Å². The fourth-order valence-electron chi connectivity index (χ4n) is 2.93. The number of nitrogens with zero attached hydrogens (tertiary/aromatic N) is 1. The molecular formula is C21H24Cl2N3O10P. The highest BCUT2D eigenvalue weighted by molar-refractivity contribution is 7.46. The SMILES string of the molecule is Cc1cn([C@H]2C[C@H](O)[C@@H](COP(=O)(O)O)O2)c(=O)[nH]c1=O.O=C(Nc1cccc(Cl)c1)OCC#CCCl. The number of aromatic nitrogens is 2. The first-order valence-corrected chi connectivity index (χ1v) is 12.9. The van der Waals surface area contributed by atoms with E-state index in [0.29, 0.717) is 16.3 Å². The maximum absolute atomic E-state index is 11.7. The van der Waals surface area contributed by atoms with Gasteiger partial charge in [0, 0.05) is 28.9 Å². The van der Waals surface area contributed by atoms with Crippen molar-refractivity contribution in [2.24, 2.45) is 0 Å². The van der Waals surface area contributed by atoms with Crippen molar-refractivity contribution in [3.63, 3.8) is 0 Å². The Morgan fingerprint density at radius 2 is 2.08 bits per heavy atom. The van der Waals surface area contributed by atoms with Crippen LogP contribution in [-0.2, 0) is 18.6 Å². The lowest BCUT2D eigenvalue weighted by Crippen LogP contribution is -2.33. The van der Waals surface area contributed by atoms with Gasteiger partial charge in [0.25, 0.3) is 5.56 Å². The van der Waals surface area contributed by atoms with E-state index in [1.807, 2.05) is 0 Å². The maximum atomic E-state index is 11.7. The predicted molar refractivity (Wildman–Crippen MR) is 134 cm³/mol. The van der Waals surface area contributed by atoms with Gasteiger partial charge in [0.15, 0.2) is 6.61 Å². The molecule has 37 heavy (non-hydrogen) atoms. The van der Waals surface area contributed by atoms with Crippen molar-refractivity contribution in [1.82, 2.24) is 9.55 Å². The van der Waals surface area contributed by atoms with Crippen LogP contribution < -0.4 is 16.6 Å². The minimum atomic E-state index is -4.67. The Morgan fingerprint density at radius 3 is 2.73 bits per heavy atom. The van der Waals surface area contributed by atoms with E-state index < -0.39 is 50.2 Å². The van der Waals surface area contributed by atoms with Crippen LogP contribution >= 0.6 is 31.0 Å². The average Bonchev–Trinajstić information content (AvgIpc) is 3.18. The predicted octanol–water partition coefficient (Wildman–Crippen LogP) is 1.73. The van der Waals surface area contributed by atoms with Crippen molar-refractivity contribution >= 4 is 42.8 Å². The van der Waals surface area contributed by atoms with E-state index >= 15 is 0 Å². The number of rotatable bonds is 6. The largest absolute Gasteiger partial charge is 0.469 e. The summed E-state index contributed by atoms with van der Waals surface area (Å²) < 4.78 is 26.1. The van der Waals surface area contributed by atoms with E-state index in [9.17, 15) is 24.1 Å². The van der Waals surface area contributed by atoms with Crippen LogP contribution in [0, 0.1) is 18.8 Å². The van der Waals surface area contributed by atoms with E-state index in [2.05, 4.69) is 26.7 Å². The molecule has 2 heterocycles. The lowest BCUT2D eigenvalue weighted by atomic mass is 10.2. The molecule has 1 fully saturated rings. The van der Waals surface area contributed by atoms with Crippen LogP contribution in [0.4, 0.5) is 10.5 Å². The lowest BCUT2D eigenvalue weighted by Gasteiger charge is -2.16. The van der Waals surface area contributed by atoms with Crippen molar-refractivity contribution in [2.75, 3.05) is 24.4 Å². The molecule has 1 aromatic carbocycles. The summed E-state index contributed by atoms with van der Waals surface area (Å²) >= 11 is 11.1. The number of hydrogen-bond donors (Lipinski definition) is 5. The smallest absolute Gasteiger partial charge is 0.436 e. The van der Waals surface area contributed by atoms with Gasteiger partial charge in [-0.3, -0.25) is 24.2 Å². The summed E-state index contributed by atoms with van der Waals surface area (Å²) in [5.74, 6) is 5.36. The topological polar surface area (TPSA) is 189 Å². The Bertz CT molecular complexity index is 1300. The second-order valence-electron chi connectivity index (χ2n) is 7.40. The third kappa shape index (κ3) is 10.7. The molecule has 0 unspecified atom stereocenters. The zero-order valence-electron chi connectivity index (χ0n) is 19.3. The number of ether oxygens (including phenoxy) is 2. The van der Waals surface area contributed by atoms with Crippen LogP contribution in [0.3, 0.4) is 0 Å². The zero-order chi connectivity index (χ0) is 27.6. The molecule has 1 aromatic heterocycles. The number of benzene rings is 1. The van der Waals surface area contributed by atoms with E-state index in [4.69, 9.17) is 42.5 Å². The van der Waals surface area contributed by atoms with E-state index in [0.717, 1.165) is 4.57 Å². The summed E-state index contributed by atoms with van der Waals surface area (Å²) in [6.45, 7) is 1.01. The van der Waals surface area contributed by atoms with Crippen LogP contribution in [0.15, 0.2) is 40.1 Å². The molecule has 1 amide bonds. The molecule has 16 heteroatoms. The fraction of sp³-hybridized carbons (Fsp3) is 0.381. The number of aryl methyl sites for hydroxylation is 1. The van der Waals surface area contributed by atoms with Crippen molar-refractivity contribution in [3.8, 4) is 11.8 Å². The number of carbonyl (C=O) groups excluding carboxylic acids is 1. The molecule has 0 spiro atoms. The Balaban J connectivity index is 0.000000271. The number of phosphoric acid groups is 1. The number of aliphatic hydroxyl groups excluding tert-OH is 1. The quantitative estimate of drug-likeness (QED) is 0.191. The first kappa shape index (κ1) is 30.6. The number of halogens is 2. The summed E-state index contributed by atoms with van der Waals surface area (Å²) in [7, 11) is -4.67. The van der Waals surface area contributed by atoms with Crippen molar-refractivity contribution < 1.29 is 38.3 Å². The number of nitrogens with one attached hydrogen (secondary N) is 2. The first-order valence-electron chi connectivity index (χ1n) is 10.5. The van der Waals surface area contributed by atoms with E-state index in [-0.39, 0.29) is 18.9 Å². The Hall–Kier alpha value is -2.66. The monoisotopic (exact) mass is 579 g/mol. The van der Waals surface area contributed by atoms with Gasteiger partial charge in [-0.05, 0) is 25.1 Å². The van der Waals surface area contributed by atoms with Crippen LogP contribution in [-0.4, -0.2) is 61.8 Å². The highest BCUT2D eigenvalue weighted by atomic mass is 35.5. The van der Waals surface area contributed by atoms with Gasteiger partial charge in [0.2, 0.25) is 0 Å². The second kappa shape index (κ2) is 14.3. The Labute approximate surface area is 220 Å². The summed E-state index contributed by atoms with van der Waals surface area (Å²) in [6.07, 6.45) is -2.15. The number of anilines is 1. The average molecular weight is 580 g/mol. The maximum Gasteiger partial charge on any atom is 0.469 e. The van der Waals surface area contributed by atoms with Crippen LogP contribution in [0.5, 0.6) is 0 Å². The normalized spacial score (nSPS) is 18.7. The Kier molecular flexibility index (Phi) is 11.8. The fourth-order valence-corrected chi connectivity index (χ4v) is 3.55. The first-order chi connectivity index (χ1) is 17.4. The molecule has 1 aliphatic rings. The van der Waals surface area contributed by atoms with Gasteiger partial charge in [0.05, 0.1) is 18.6 Å². The minimum absolute atomic E-state index is 0.0130. The van der Waals surface area contributed by atoms with Crippen LogP contribution in [0.1, 0.15) is 18.2 Å². The second-order valence-corrected chi connectivity index (χ2v) is 9.34. The number of carbonyl (C=O) groups is 1. The molecule has 5 N–H and O–H groups in total. The van der Waals surface area contributed by atoms with Gasteiger partial charge in [0.1, 0.15) is 12.3 Å². The Morgan fingerprint density at radius 1 is 1.35 bits per heavy atom. The standard InChI is InChI=1S/C11H9Cl2NO2.C10H15N2O8P/c12-6-1-2-7-16-11(15)14-10-5-3-4-9(13)8-10;1-5-3-12(10(15)11-9(5)14)8-2-6(13)7(20-8)4-19-21(16,17)18/h3-5,8H,6-7H2,(H,14,15);3,6-8,13H,2,4H2,1H3,(H,11,14,15)(H2,16,17,18)/t;6-,7+,8+/m.0/s1. The summed E-state index contributed by atoms with van der Waals surface area (Å²) in [4.78, 5) is 53.5. The molecule has 13 nitrogen and oxygen atoms in total. The summed E-state index contributed by atoms with van der Waals surface area (Å²) in [6, 6.07) is 6.76. The van der Waals surface area contributed by atoms with Gasteiger partial charge in [-0.1, -0.05) is 29.5 Å². The van der Waals surface area contributed by atoms with Crippen molar-refractivity contribution in [3.05, 3.63) is 61.9 Å². The molecule has 0 saturated carbocycles. The third-order valence-electron chi connectivity index (χ3n) is 4.61. The minimum Gasteiger partial charge on any atom is -0.436 e. The van der Waals surface area contributed by atoms with Gasteiger partial charge in [-0.25, -0.2) is 14.2 Å². The van der Waals surface area contributed by atoms with E-state index in [1.54, 1.807) is 24.3 Å². The number of hydrogen-bond acceptors (Lipinski definition) is 8.